The Bertz CT molecular complexity index is 248. The van der Waals surface area contributed by atoms with E-state index in [-0.39, 0.29) is 12.5 Å². The lowest BCUT2D eigenvalue weighted by molar-refractivity contribution is -0.140. The highest BCUT2D eigenvalue weighted by Gasteiger charge is 2.14. The summed E-state index contributed by atoms with van der Waals surface area (Å²) in [6.45, 7) is 10.2. The van der Waals surface area contributed by atoms with Gasteiger partial charge >= 0.3 is 5.97 Å². The molecule has 15 heavy (non-hydrogen) atoms. The lowest BCUT2D eigenvalue weighted by atomic mass is 10.2. The molecule has 0 saturated carbocycles. The first-order chi connectivity index (χ1) is 7.02. The van der Waals surface area contributed by atoms with Crippen molar-refractivity contribution >= 4 is 11.9 Å². The third-order valence-electron chi connectivity index (χ3n) is 1.91. The van der Waals surface area contributed by atoms with E-state index >= 15 is 0 Å². The van der Waals surface area contributed by atoms with E-state index in [2.05, 4.69) is 6.58 Å². The molecule has 0 rings (SSSR count). The van der Waals surface area contributed by atoms with Crippen molar-refractivity contribution in [2.24, 2.45) is 0 Å². The minimum atomic E-state index is -0.400. The molecule has 0 aromatic rings. The highest BCUT2D eigenvalue weighted by Crippen LogP contribution is 2.01. The van der Waals surface area contributed by atoms with E-state index in [9.17, 15) is 9.59 Å². The molecule has 0 fully saturated rings. The molecule has 0 aromatic carbocycles. The third kappa shape index (κ3) is 5.20. The van der Waals surface area contributed by atoms with Crippen LogP contribution in [0.15, 0.2) is 12.2 Å². The first kappa shape index (κ1) is 13.7. The smallest absolute Gasteiger partial charge is 0.302 e. The van der Waals surface area contributed by atoms with Crippen LogP contribution in [0.3, 0.4) is 0 Å². The van der Waals surface area contributed by atoms with Crippen molar-refractivity contribution in [3.8, 4) is 0 Å². The van der Waals surface area contributed by atoms with Gasteiger partial charge in [0.1, 0.15) is 6.61 Å². The predicted octanol–water partition coefficient (Wildman–Crippen LogP) is 1.36. The number of carbonyl (C=O) groups is 2. The fourth-order valence-electron chi connectivity index (χ4n) is 1.15. The number of rotatable bonds is 6. The molecule has 0 aromatic heterocycles. The summed E-state index contributed by atoms with van der Waals surface area (Å²) in [4.78, 5) is 23.9. The van der Waals surface area contributed by atoms with Crippen molar-refractivity contribution in [2.45, 2.75) is 27.2 Å². The Kier molecular flexibility index (Phi) is 6.42. The Balaban J connectivity index is 4.16. The summed E-state index contributed by atoms with van der Waals surface area (Å²) < 4.78 is 4.71. The van der Waals surface area contributed by atoms with E-state index in [4.69, 9.17) is 4.74 Å². The zero-order valence-electron chi connectivity index (χ0n) is 9.71. The van der Waals surface area contributed by atoms with Crippen LogP contribution < -0.4 is 0 Å². The summed E-state index contributed by atoms with van der Waals surface area (Å²) >= 11 is 0. The normalized spacial score (nSPS) is 9.53. The van der Waals surface area contributed by atoms with Gasteiger partial charge in [0.2, 0.25) is 0 Å². The Morgan fingerprint density at radius 2 is 1.93 bits per heavy atom. The molecule has 86 valence electrons. The van der Waals surface area contributed by atoms with Gasteiger partial charge in [0.15, 0.2) is 0 Å². The maximum atomic E-state index is 11.7. The molecule has 0 saturated heterocycles. The summed E-state index contributed by atoms with van der Waals surface area (Å²) in [6, 6.07) is 0. The first-order valence-electron chi connectivity index (χ1n) is 5.13. The van der Waals surface area contributed by atoms with E-state index in [0.29, 0.717) is 18.7 Å². The van der Waals surface area contributed by atoms with Gasteiger partial charge in [-0.15, -0.1) is 0 Å². The van der Waals surface area contributed by atoms with Gasteiger partial charge in [-0.1, -0.05) is 13.5 Å². The number of amides is 1. The largest absolute Gasteiger partial charge is 0.461 e. The molecule has 1 amide bonds. The van der Waals surface area contributed by atoms with Crippen molar-refractivity contribution in [1.82, 2.24) is 4.90 Å². The number of hydrogen-bond donors (Lipinski definition) is 0. The van der Waals surface area contributed by atoms with Gasteiger partial charge in [0, 0.05) is 25.6 Å². The second kappa shape index (κ2) is 7.04. The summed E-state index contributed by atoms with van der Waals surface area (Å²) in [5, 5.41) is 0. The van der Waals surface area contributed by atoms with Gasteiger partial charge in [-0.2, -0.15) is 0 Å². The molecule has 0 heterocycles. The van der Waals surface area contributed by atoms with Crippen molar-refractivity contribution in [3.63, 3.8) is 0 Å². The van der Waals surface area contributed by atoms with Crippen molar-refractivity contribution < 1.29 is 14.3 Å². The third-order valence-corrected chi connectivity index (χ3v) is 1.91. The maximum Gasteiger partial charge on any atom is 0.302 e. The van der Waals surface area contributed by atoms with E-state index in [1.165, 1.54) is 6.92 Å². The standard InChI is InChI=1S/C11H19NO3/c1-5-7-12(6-2)11(14)9(3)8-15-10(4)13/h3,5-8H2,1-2,4H3. The van der Waals surface area contributed by atoms with E-state index in [1.54, 1.807) is 4.90 Å². The maximum absolute atomic E-state index is 11.7. The van der Waals surface area contributed by atoms with Crippen LogP contribution >= 0.6 is 0 Å². The topological polar surface area (TPSA) is 46.6 Å². The van der Waals surface area contributed by atoms with Crippen molar-refractivity contribution in [2.75, 3.05) is 19.7 Å². The van der Waals surface area contributed by atoms with E-state index in [1.807, 2.05) is 13.8 Å². The van der Waals surface area contributed by atoms with E-state index < -0.39 is 5.97 Å². The van der Waals surface area contributed by atoms with Crippen LogP contribution in [0.25, 0.3) is 0 Å². The summed E-state index contributed by atoms with van der Waals surface area (Å²) in [7, 11) is 0. The zero-order valence-corrected chi connectivity index (χ0v) is 9.71. The van der Waals surface area contributed by atoms with E-state index in [0.717, 1.165) is 6.42 Å². The molecule has 4 nitrogen and oxygen atoms in total. The van der Waals surface area contributed by atoms with Gasteiger partial charge in [-0.3, -0.25) is 9.59 Å². The predicted molar refractivity (Wildman–Crippen MR) is 58.3 cm³/mol. The van der Waals surface area contributed by atoms with Gasteiger partial charge in [-0.25, -0.2) is 0 Å². The molecule has 0 radical (unpaired) electrons. The number of nitrogens with zero attached hydrogens (tertiary/aromatic N) is 1. The molecular weight excluding hydrogens is 194 g/mol. The van der Waals surface area contributed by atoms with Gasteiger partial charge in [0.05, 0.1) is 0 Å². The van der Waals surface area contributed by atoms with Crippen molar-refractivity contribution in [1.29, 1.82) is 0 Å². The van der Waals surface area contributed by atoms with Gasteiger partial charge < -0.3 is 9.64 Å². The van der Waals surface area contributed by atoms with Crippen LogP contribution in [0.5, 0.6) is 0 Å². The quantitative estimate of drug-likeness (QED) is 0.494. The highest BCUT2D eigenvalue weighted by molar-refractivity contribution is 5.93. The minimum absolute atomic E-state index is 0.0195. The Morgan fingerprint density at radius 3 is 2.33 bits per heavy atom. The lowest BCUT2D eigenvalue weighted by Gasteiger charge is -2.20. The molecule has 0 aliphatic rings. The minimum Gasteiger partial charge on any atom is -0.461 e. The number of likely N-dealkylation sites (N-methyl/N-ethyl adjacent to an activating group) is 1. The number of esters is 1. The Hall–Kier alpha value is -1.32. The number of carbonyl (C=O) groups excluding carboxylic acids is 2. The molecule has 0 spiro atoms. The Morgan fingerprint density at radius 1 is 1.33 bits per heavy atom. The van der Waals surface area contributed by atoms with Gasteiger partial charge in [-0.05, 0) is 13.3 Å². The van der Waals surface area contributed by atoms with Crippen LogP contribution in [0.2, 0.25) is 0 Å². The van der Waals surface area contributed by atoms with Crippen LogP contribution in [0.1, 0.15) is 27.2 Å². The van der Waals surface area contributed by atoms with Crippen LogP contribution in [-0.2, 0) is 14.3 Å². The van der Waals surface area contributed by atoms with Crippen LogP contribution in [-0.4, -0.2) is 36.5 Å². The monoisotopic (exact) mass is 213 g/mol. The molecule has 0 unspecified atom stereocenters. The second-order valence-electron chi connectivity index (χ2n) is 3.27. The SMILES string of the molecule is C=C(COC(C)=O)C(=O)N(CC)CCC. The van der Waals surface area contributed by atoms with Crippen molar-refractivity contribution in [3.05, 3.63) is 12.2 Å². The highest BCUT2D eigenvalue weighted by atomic mass is 16.5. The molecule has 0 N–H and O–H groups in total. The number of ether oxygens (including phenoxy) is 1. The van der Waals surface area contributed by atoms with Crippen LogP contribution in [0.4, 0.5) is 0 Å². The molecule has 0 aliphatic carbocycles. The zero-order chi connectivity index (χ0) is 11.8. The summed E-state index contributed by atoms with van der Waals surface area (Å²) in [5.74, 6) is -0.539. The number of hydrogen-bond acceptors (Lipinski definition) is 3. The fraction of sp³-hybridized carbons (Fsp3) is 0.636. The molecule has 0 atom stereocenters. The molecule has 4 heteroatoms. The summed E-state index contributed by atoms with van der Waals surface area (Å²) in [5.41, 5.74) is 0.320. The fourth-order valence-corrected chi connectivity index (χ4v) is 1.15. The summed E-state index contributed by atoms with van der Waals surface area (Å²) in [6.07, 6.45) is 0.903. The van der Waals surface area contributed by atoms with Crippen LogP contribution in [0, 0.1) is 0 Å². The second-order valence-corrected chi connectivity index (χ2v) is 3.27. The first-order valence-corrected chi connectivity index (χ1v) is 5.13. The average Bonchev–Trinajstić information content (AvgIpc) is 2.21. The molecular formula is C11H19NO3. The van der Waals surface area contributed by atoms with Gasteiger partial charge in [0.25, 0.3) is 5.91 Å². The Labute approximate surface area is 90.9 Å². The molecule has 0 bridgehead atoms. The average molecular weight is 213 g/mol. The molecule has 0 aliphatic heterocycles. The lowest BCUT2D eigenvalue weighted by Crippen LogP contribution is -2.33.